The smallest absolute Gasteiger partial charge is 0.336 e. The number of hydrogen-bond acceptors (Lipinski definition) is 4. The van der Waals surface area contributed by atoms with Gasteiger partial charge >= 0.3 is 5.97 Å². The Morgan fingerprint density at radius 3 is 2.72 bits per heavy atom. The molecule has 18 heavy (non-hydrogen) atoms. The van der Waals surface area contributed by atoms with Crippen molar-refractivity contribution in [1.29, 1.82) is 0 Å². The van der Waals surface area contributed by atoms with Crippen LogP contribution in [0.2, 0.25) is 5.02 Å². The zero-order valence-electron chi connectivity index (χ0n) is 10.3. The van der Waals surface area contributed by atoms with E-state index in [9.17, 15) is 9.90 Å². The number of carbonyl (C=O) groups is 1. The lowest BCUT2D eigenvalue weighted by atomic mass is 10.0. The van der Waals surface area contributed by atoms with Crippen LogP contribution in [-0.2, 0) is 9.53 Å². The maximum absolute atomic E-state index is 11.4. The van der Waals surface area contributed by atoms with Crippen LogP contribution in [0.1, 0.15) is 18.6 Å². The number of carbonyl (C=O) groups excluding carboxylic acids is 1. The third-order valence-electron chi connectivity index (χ3n) is 2.36. The van der Waals surface area contributed by atoms with E-state index in [1.165, 1.54) is 13.2 Å². The van der Waals surface area contributed by atoms with E-state index in [0.717, 1.165) is 0 Å². The molecule has 1 unspecified atom stereocenters. The summed E-state index contributed by atoms with van der Waals surface area (Å²) in [5.74, 6) is -0.133. The van der Waals surface area contributed by atoms with Crippen molar-refractivity contribution in [2.75, 3.05) is 13.7 Å². The molecule has 0 aliphatic carbocycles. The van der Waals surface area contributed by atoms with E-state index in [0.29, 0.717) is 16.3 Å². The molecule has 0 radical (unpaired) electrons. The molecule has 0 aromatic heterocycles. The van der Waals surface area contributed by atoms with Crippen molar-refractivity contribution in [3.8, 4) is 5.75 Å². The fraction of sp³-hybridized carbons (Fsp3) is 0.308. The minimum absolute atomic E-state index is 0.0296. The van der Waals surface area contributed by atoms with E-state index in [4.69, 9.17) is 21.1 Å². The zero-order chi connectivity index (χ0) is 13.7. The number of esters is 1. The molecule has 0 bridgehead atoms. The van der Waals surface area contributed by atoms with E-state index in [1.807, 2.05) is 0 Å². The normalized spacial score (nSPS) is 11.8. The summed E-state index contributed by atoms with van der Waals surface area (Å²) in [5.41, 5.74) is 0.428. The molecular formula is C13H15ClO4. The van der Waals surface area contributed by atoms with Crippen molar-refractivity contribution in [2.24, 2.45) is 0 Å². The molecule has 4 nitrogen and oxygen atoms in total. The summed E-state index contributed by atoms with van der Waals surface area (Å²) < 4.78 is 9.76. The van der Waals surface area contributed by atoms with Gasteiger partial charge < -0.3 is 14.6 Å². The number of ether oxygens (including phenoxy) is 2. The number of aliphatic hydroxyl groups is 1. The topological polar surface area (TPSA) is 55.8 Å². The van der Waals surface area contributed by atoms with Gasteiger partial charge in [-0.05, 0) is 24.6 Å². The Balaban J connectivity index is 2.90. The van der Waals surface area contributed by atoms with Crippen molar-refractivity contribution in [2.45, 2.75) is 13.0 Å². The largest absolute Gasteiger partial charge is 0.495 e. The molecule has 0 aliphatic rings. The van der Waals surface area contributed by atoms with E-state index in [2.05, 4.69) is 6.58 Å². The molecule has 0 spiro atoms. The maximum atomic E-state index is 11.4. The average Bonchev–Trinajstić information content (AvgIpc) is 2.37. The number of aliphatic hydroxyl groups excluding tert-OH is 1. The van der Waals surface area contributed by atoms with Gasteiger partial charge in [-0.2, -0.15) is 0 Å². The molecule has 0 heterocycles. The van der Waals surface area contributed by atoms with Crippen molar-refractivity contribution in [3.05, 3.63) is 40.9 Å². The molecule has 5 heteroatoms. The van der Waals surface area contributed by atoms with E-state index < -0.39 is 12.1 Å². The molecule has 0 aliphatic heterocycles. The van der Waals surface area contributed by atoms with Crippen LogP contribution in [0.4, 0.5) is 0 Å². The first-order valence-corrected chi connectivity index (χ1v) is 5.76. The third-order valence-corrected chi connectivity index (χ3v) is 2.65. The predicted octanol–water partition coefficient (Wildman–Crippen LogP) is 2.50. The lowest BCUT2D eigenvalue weighted by molar-refractivity contribution is -0.139. The number of benzene rings is 1. The van der Waals surface area contributed by atoms with Crippen LogP contribution >= 0.6 is 11.6 Å². The molecular weight excluding hydrogens is 256 g/mol. The Morgan fingerprint density at radius 1 is 1.56 bits per heavy atom. The highest BCUT2D eigenvalue weighted by atomic mass is 35.5. The Kier molecular flexibility index (Phi) is 5.19. The molecule has 0 saturated carbocycles. The first kappa shape index (κ1) is 14.5. The first-order valence-electron chi connectivity index (χ1n) is 5.38. The van der Waals surface area contributed by atoms with Crippen molar-refractivity contribution in [1.82, 2.24) is 0 Å². The second-order valence-electron chi connectivity index (χ2n) is 3.54. The monoisotopic (exact) mass is 270 g/mol. The number of rotatable bonds is 5. The van der Waals surface area contributed by atoms with Gasteiger partial charge in [0.25, 0.3) is 0 Å². The van der Waals surface area contributed by atoms with Gasteiger partial charge in [-0.1, -0.05) is 24.2 Å². The summed E-state index contributed by atoms with van der Waals surface area (Å²) >= 11 is 5.94. The summed E-state index contributed by atoms with van der Waals surface area (Å²) in [6.07, 6.45) is -1.15. The Hall–Kier alpha value is -1.52. The lowest BCUT2D eigenvalue weighted by Crippen LogP contribution is -2.13. The highest BCUT2D eigenvalue weighted by Crippen LogP contribution is 2.30. The molecule has 1 atom stereocenters. The van der Waals surface area contributed by atoms with E-state index in [-0.39, 0.29) is 12.2 Å². The Labute approximate surface area is 111 Å². The van der Waals surface area contributed by atoms with Gasteiger partial charge in [0.2, 0.25) is 0 Å². The Bertz CT molecular complexity index is 456. The van der Waals surface area contributed by atoms with Gasteiger partial charge in [-0.25, -0.2) is 4.79 Å². The van der Waals surface area contributed by atoms with Crippen molar-refractivity contribution >= 4 is 17.6 Å². The van der Waals surface area contributed by atoms with Crippen LogP contribution in [0, 0.1) is 0 Å². The molecule has 1 aromatic rings. The predicted molar refractivity (Wildman–Crippen MR) is 68.7 cm³/mol. The average molecular weight is 271 g/mol. The highest BCUT2D eigenvalue weighted by Gasteiger charge is 2.20. The molecule has 1 N–H and O–H groups in total. The first-order chi connectivity index (χ1) is 8.51. The van der Waals surface area contributed by atoms with Gasteiger partial charge in [0.05, 0.1) is 24.3 Å². The molecule has 1 aromatic carbocycles. The Morgan fingerprint density at radius 2 is 2.22 bits per heavy atom. The number of halogens is 1. The highest BCUT2D eigenvalue weighted by molar-refractivity contribution is 6.32. The quantitative estimate of drug-likeness (QED) is 0.660. The van der Waals surface area contributed by atoms with Crippen molar-refractivity contribution < 1.29 is 19.4 Å². The fourth-order valence-corrected chi connectivity index (χ4v) is 1.66. The van der Waals surface area contributed by atoms with Gasteiger partial charge in [0.15, 0.2) is 0 Å². The van der Waals surface area contributed by atoms with Crippen LogP contribution in [0.5, 0.6) is 5.75 Å². The molecule has 0 amide bonds. The summed E-state index contributed by atoms with van der Waals surface area (Å²) in [5, 5.41) is 10.3. The van der Waals surface area contributed by atoms with Crippen LogP contribution in [0.3, 0.4) is 0 Å². The van der Waals surface area contributed by atoms with Crippen LogP contribution in [-0.4, -0.2) is 24.8 Å². The van der Waals surface area contributed by atoms with E-state index in [1.54, 1.807) is 19.1 Å². The second-order valence-corrected chi connectivity index (χ2v) is 3.95. The second kappa shape index (κ2) is 6.42. The molecule has 0 saturated heterocycles. The molecule has 0 fully saturated rings. The van der Waals surface area contributed by atoms with Crippen LogP contribution in [0.25, 0.3) is 0 Å². The lowest BCUT2D eigenvalue weighted by Gasteiger charge is -2.14. The van der Waals surface area contributed by atoms with Gasteiger partial charge in [0.1, 0.15) is 11.9 Å². The minimum Gasteiger partial charge on any atom is -0.495 e. The maximum Gasteiger partial charge on any atom is 0.336 e. The summed E-state index contributed by atoms with van der Waals surface area (Å²) in [4.78, 5) is 11.4. The number of hydrogen-bond donors (Lipinski definition) is 1. The summed E-state index contributed by atoms with van der Waals surface area (Å²) in [6, 6.07) is 4.74. The molecule has 98 valence electrons. The summed E-state index contributed by atoms with van der Waals surface area (Å²) in [6.45, 7) is 5.44. The van der Waals surface area contributed by atoms with Gasteiger partial charge in [-0.3, -0.25) is 0 Å². The standard InChI is InChI=1S/C13H15ClO4/c1-4-18-13(16)8(2)12(15)9-5-6-11(17-3)10(14)7-9/h5-7,12,15H,2,4H2,1,3H3. The van der Waals surface area contributed by atoms with Gasteiger partial charge in [0, 0.05) is 0 Å². The third kappa shape index (κ3) is 3.24. The SMILES string of the molecule is C=C(C(=O)OCC)C(O)c1ccc(OC)c(Cl)c1. The van der Waals surface area contributed by atoms with Gasteiger partial charge in [-0.15, -0.1) is 0 Å². The van der Waals surface area contributed by atoms with Crippen molar-refractivity contribution in [3.63, 3.8) is 0 Å². The zero-order valence-corrected chi connectivity index (χ0v) is 11.0. The molecule has 1 rings (SSSR count). The number of methoxy groups -OCH3 is 1. The van der Waals surface area contributed by atoms with Crippen LogP contribution < -0.4 is 4.74 Å². The van der Waals surface area contributed by atoms with E-state index >= 15 is 0 Å². The minimum atomic E-state index is -1.15. The van der Waals surface area contributed by atoms with Crippen LogP contribution in [0.15, 0.2) is 30.4 Å². The summed E-state index contributed by atoms with van der Waals surface area (Å²) in [7, 11) is 1.49. The fourth-order valence-electron chi connectivity index (χ4n) is 1.39.